The number of pyridine rings is 1. The fourth-order valence-electron chi connectivity index (χ4n) is 4.21. The summed E-state index contributed by atoms with van der Waals surface area (Å²) in [5.74, 6) is 2.08. The van der Waals surface area contributed by atoms with Crippen molar-refractivity contribution < 1.29 is 14.1 Å². The molecule has 0 unspecified atom stereocenters. The van der Waals surface area contributed by atoms with Crippen LogP contribution in [-0.2, 0) is 0 Å². The van der Waals surface area contributed by atoms with Gasteiger partial charge in [0.05, 0.1) is 23.3 Å². The van der Waals surface area contributed by atoms with Crippen LogP contribution in [0.2, 0.25) is 0 Å². The van der Waals surface area contributed by atoms with Gasteiger partial charge in [-0.05, 0) is 79.8 Å². The summed E-state index contributed by atoms with van der Waals surface area (Å²) in [6.07, 6.45) is 1.75. The van der Waals surface area contributed by atoms with Crippen molar-refractivity contribution in [2.75, 3.05) is 11.5 Å². The highest BCUT2D eigenvalue weighted by Crippen LogP contribution is 2.43. The second-order valence-electron chi connectivity index (χ2n) is 7.93. The minimum absolute atomic E-state index is 0.0303. The Morgan fingerprint density at radius 1 is 1.09 bits per heavy atom. The first kappa shape index (κ1) is 22.5. The molecule has 1 aliphatic rings. The molecule has 9 heteroatoms. The van der Waals surface area contributed by atoms with Crippen LogP contribution in [0.3, 0.4) is 0 Å². The lowest BCUT2D eigenvalue weighted by atomic mass is 10.0. The monoisotopic (exact) mass is 486 g/mol. The fourth-order valence-corrected chi connectivity index (χ4v) is 4.55. The van der Waals surface area contributed by atoms with Crippen molar-refractivity contribution in [1.29, 1.82) is 0 Å². The zero-order chi connectivity index (χ0) is 24.4. The first-order valence-electron chi connectivity index (χ1n) is 11.1. The summed E-state index contributed by atoms with van der Waals surface area (Å²) in [6.45, 7) is 2.53. The maximum Gasteiger partial charge on any atom is 0.269 e. The number of non-ortho nitro benzene ring substituents is 1. The van der Waals surface area contributed by atoms with Gasteiger partial charge >= 0.3 is 0 Å². The predicted molar refractivity (Wildman–Crippen MR) is 136 cm³/mol. The number of benzene rings is 2. The average Bonchev–Trinajstić information content (AvgIpc) is 3.50. The number of hydrogen-bond donors (Lipinski definition) is 1. The van der Waals surface area contributed by atoms with E-state index in [-0.39, 0.29) is 17.8 Å². The molecule has 4 aromatic rings. The summed E-state index contributed by atoms with van der Waals surface area (Å²) in [7, 11) is 0. The summed E-state index contributed by atoms with van der Waals surface area (Å²) >= 11 is 5.75. The van der Waals surface area contributed by atoms with Crippen LogP contribution in [-0.4, -0.2) is 21.6 Å². The lowest BCUT2D eigenvalue weighted by Crippen LogP contribution is -2.29. The van der Waals surface area contributed by atoms with Crippen molar-refractivity contribution in [2.24, 2.45) is 0 Å². The number of anilines is 1. The molecule has 0 spiro atoms. The van der Waals surface area contributed by atoms with E-state index in [9.17, 15) is 10.1 Å². The number of rotatable bonds is 7. The predicted octanol–water partition coefficient (Wildman–Crippen LogP) is 5.83. The summed E-state index contributed by atoms with van der Waals surface area (Å²) in [5.41, 5.74) is 2.50. The molecule has 1 aliphatic heterocycles. The van der Waals surface area contributed by atoms with E-state index in [1.54, 1.807) is 18.3 Å². The van der Waals surface area contributed by atoms with Crippen LogP contribution in [0.1, 0.15) is 30.5 Å². The van der Waals surface area contributed by atoms with Crippen molar-refractivity contribution in [3.63, 3.8) is 0 Å². The van der Waals surface area contributed by atoms with E-state index in [2.05, 4.69) is 10.3 Å². The molecule has 1 saturated heterocycles. The fraction of sp³-hybridized carbons (Fsp3) is 0.154. The number of nitrogens with one attached hydrogen (secondary N) is 1. The van der Waals surface area contributed by atoms with E-state index in [1.165, 1.54) is 12.1 Å². The smallest absolute Gasteiger partial charge is 0.269 e. The van der Waals surface area contributed by atoms with E-state index in [1.807, 2.05) is 66.4 Å². The SMILES string of the molecule is CCOc1ccc(N2C(=S)N[C@H](c3ccccn3)[C@@H]2c2ccc(-c3ccc([N+](=O)[O-])cc3)o2)cc1. The van der Waals surface area contributed by atoms with E-state index in [0.29, 0.717) is 23.2 Å². The molecule has 2 atom stereocenters. The van der Waals surface area contributed by atoms with Crippen LogP contribution >= 0.6 is 12.2 Å². The Bertz CT molecular complexity index is 1340. The van der Waals surface area contributed by atoms with Gasteiger partial charge in [0.15, 0.2) is 5.11 Å². The molecule has 0 amide bonds. The normalized spacial score (nSPS) is 17.3. The third kappa shape index (κ3) is 4.45. The third-order valence-corrected chi connectivity index (χ3v) is 6.12. The first-order valence-corrected chi connectivity index (χ1v) is 11.5. The Morgan fingerprint density at radius 3 is 2.51 bits per heavy atom. The number of aromatic nitrogens is 1. The molecule has 0 saturated carbocycles. The molecule has 1 N–H and O–H groups in total. The van der Waals surface area contributed by atoms with E-state index >= 15 is 0 Å². The average molecular weight is 487 g/mol. The van der Waals surface area contributed by atoms with Gasteiger partial charge in [-0.2, -0.15) is 0 Å². The van der Waals surface area contributed by atoms with Crippen molar-refractivity contribution in [1.82, 2.24) is 10.3 Å². The maximum atomic E-state index is 11.0. The van der Waals surface area contributed by atoms with Gasteiger partial charge < -0.3 is 19.4 Å². The van der Waals surface area contributed by atoms with Gasteiger partial charge in [-0.3, -0.25) is 15.1 Å². The van der Waals surface area contributed by atoms with Gasteiger partial charge in [-0.25, -0.2) is 0 Å². The zero-order valence-corrected chi connectivity index (χ0v) is 19.6. The zero-order valence-electron chi connectivity index (χ0n) is 18.8. The standard InChI is InChI=1S/C26H22N4O4S/c1-2-33-20-12-10-18(11-13-20)29-25(24(28-26(29)35)21-5-3-4-16-27-21)23-15-14-22(34-23)17-6-8-19(9-7-17)30(31)32/h3-16,24-25H,2H2,1H3,(H,28,35)/t24-,25+/m1/s1. The molecule has 5 rings (SSSR count). The van der Waals surface area contributed by atoms with Gasteiger partial charge in [-0.15, -0.1) is 0 Å². The molecule has 0 bridgehead atoms. The van der Waals surface area contributed by atoms with Crippen molar-refractivity contribution in [3.05, 3.63) is 107 Å². The summed E-state index contributed by atoms with van der Waals surface area (Å²) in [4.78, 5) is 17.1. The van der Waals surface area contributed by atoms with Gasteiger partial charge in [0.2, 0.25) is 0 Å². The van der Waals surface area contributed by atoms with Gasteiger partial charge in [0.1, 0.15) is 23.3 Å². The van der Waals surface area contributed by atoms with Gasteiger partial charge in [0, 0.05) is 29.6 Å². The minimum Gasteiger partial charge on any atom is -0.494 e. The number of nitro benzene ring substituents is 1. The van der Waals surface area contributed by atoms with Crippen LogP contribution in [0, 0.1) is 10.1 Å². The maximum absolute atomic E-state index is 11.0. The van der Waals surface area contributed by atoms with Crippen LogP contribution in [0.5, 0.6) is 5.75 Å². The lowest BCUT2D eigenvalue weighted by Gasteiger charge is -2.26. The number of thiocarbonyl (C=S) groups is 1. The van der Waals surface area contributed by atoms with E-state index < -0.39 is 4.92 Å². The molecule has 0 radical (unpaired) electrons. The molecular weight excluding hydrogens is 464 g/mol. The number of hydrogen-bond acceptors (Lipinski definition) is 6. The largest absolute Gasteiger partial charge is 0.494 e. The summed E-state index contributed by atoms with van der Waals surface area (Å²) < 4.78 is 11.9. The quantitative estimate of drug-likeness (QED) is 0.198. The third-order valence-electron chi connectivity index (χ3n) is 5.80. The molecule has 176 valence electrons. The van der Waals surface area contributed by atoms with Crippen LogP contribution in [0.25, 0.3) is 11.3 Å². The number of furan rings is 1. The van der Waals surface area contributed by atoms with Crippen molar-refractivity contribution in [2.45, 2.75) is 19.0 Å². The van der Waals surface area contributed by atoms with Crippen LogP contribution < -0.4 is 15.0 Å². The molecule has 8 nitrogen and oxygen atoms in total. The highest BCUT2D eigenvalue weighted by molar-refractivity contribution is 7.80. The molecule has 2 aromatic heterocycles. The molecule has 35 heavy (non-hydrogen) atoms. The first-order chi connectivity index (χ1) is 17.0. The van der Waals surface area contributed by atoms with E-state index in [0.717, 1.165) is 22.7 Å². The number of ether oxygens (including phenoxy) is 1. The van der Waals surface area contributed by atoms with Gasteiger partial charge in [-0.1, -0.05) is 6.07 Å². The van der Waals surface area contributed by atoms with Crippen molar-refractivity contribution in [3.8, 4) is 17.1 Å². The molecular formula is C26H22N4O4S. The Kier molecular flexibility index (Phi) is 6.15. The molecule has 2 aromatic carbocycles. The second-order valence-corrected chi connectivity index (χ2v) is 8.32. The Labute approximate surface area is 207 Å². The number of nitrogens with zero attached hydrogens (tertiary/aromatic N) is 3. The summed E-state index contributed by atoms with van der Waals surface area (Å²) in [5, 5.41) is 15.0. The molecule has 3 heterocycles. The topological polar surface area (TPSA) is 93.7 Å². The van der Waals surface area contributed by atoms with Crippen LogP contribution in [0.4, 0.5) is 11.4 Å². The lowest BCUT2D eigenvalue weighted by molar-refractivity contribution is -0.384. The Morgan fingerprint density at radius 2 is 1.86 bits per heavy atom. The second kappa shape index (κ2) is 9.55. The van der Waals surface area contributed by atoms with E-state index in [4.69, 9.17) is 21.4 Å². The van der Waals surface area contributed by atoms with Gasteiger partial charge in [0.25, 0.3) is 5.69 Å². The number of nitro groups is 1. The molecule has 0 aliphatic carbocycles. The van der Waals surface area contributed by atoms with Crippen LogP contribution in [0.15, 0.2) is 89.5 Å². The molecule has 1 fully saturated rings. The highest BCUT2D eigenvalue weighted by Gasteiger charge is 2.42. The van der Waals surface area contributed by atoms with Crippen molar-refractivity contribution >= 4 is 28.7 Å². The highest BCUT2D eigenvalue weighted by atomic mass is 32.1. The Hall–Kier alpha value is -4.24. The minimum atomic E-state index is -0.422. The summed E-state index contributed by atoms with van der Waals surface area (Å²) in [6, 6.07) is 23.0. The Balaban J connectivity index is 1.53.